The minimum Gasteiger partial charge on any atom is -0.455 e. The van der Waals surface area contributed by atoms with Crippen molar-refractivity contribution in [3.05, 3.63) is 84.1 Å². The highest BCUT2D eigenvalue weighted by molar-refractivity contribution is 6.29. The van der Waals surface area contributed by atoms with Crippen LogP contribution in [0.25, 0.3) is 54.9 Å². The van der Waals surface area contributed by atoms with E-state index in [9.17, 15) is 0 Å². The van der Waals surface area contributed by atoms with Crippen LogP contribution in [0.1, 0.15) is 0 Å². The van der Waals surface area contributed by atoms with Crippen molar-refractivity contribution in [2.24, 2.45) is 0 Å². The fourth-order valence-electron chi connectivity index (χ4n) is 3.93. The molecule has 132 valence electrons. The Morgan fingerprint density at radius 1 is 0.679 bits per heavy atom. The molecule has 0 saturated carbocycles. The Kier molecular flexibility index (Phi) is 3.22. The Morgan fingerprint density at radius 2 is 1.46 bits per heavy atom. The number of para-hydroxylation sites is 2. The zero-order valence-electron chi connectivity index (χ0n) is 14.7. The third kappa shape index (κ3) is 2.23. The van der Waals surface area contributed by atoms with Crippen LogP contribution >= 0.6 is 11.6 Å². The van der Waals surface area contributed by atoms with Crippen molar-refractivity contribution < 1.29 is 4.42 Å². The number of aromatic nitrogens is 2. The molecule has 0 fully saturated rings. The predicted molar refractivity (Wildman–Crippen MR) is 115 cm³/mol. The first-order chi connectivity index (χ1) is 13.8. The van der Waals surface area contributed by atoms with Crippen LogP contribution in [0.5, 0.6) is 0 Å². The number of rotatable bonds is 1. The molecular formula is C24H13ClN2O. The molecule has 0 aliphatic carbocycles. The van der Waals surface area contributed by atoms with Gasteiger partial charge in [0.25, 0.3) is 0 Å². The van der Waals surface area contributed by atoms with Crippen molar-refractivity contribution in [2.45, 2.75) is 0 Å². The van der Waals surface area contributed by atoms with Gasteiger partial charge in [-0.15, -0.1) is 0 Å². The van der Waals surface area contributed by atoms with Crippen molar-refractivity contribution in [1.29, 1.82) is 0 Å². The fourth-order valence-corrected chi connectivity index (χ4v) is 4.10. The zero-order chi connectivity index (χ0) is 18.7. The molecule has 0 radical (unpaired) electrons. The molecule has 0 N–H and O–H groups in total. The number of halogens is 1. The molecule has 0 atom stereocenters. The van der Waals surface area contributed by atoms with E-state index in [0.29, 0.717) is 0 Å². The Hall–Kier alpha value is -3.43. The summed E-state index contributed by atoms with van der Waals surface area (Å²) in [6, 6.07) is 26.6. The molecule has 4 aromatic carbocycles. The molecule has 2 heterocycles. The number of fused-ring (bicyclic) bond motifs is 6. The average molecular weight is 381 g/mol. The van der Waals surface area contributed by atoms with Crippen LogP contribution in [-0.4, -0.2) is 9.97 Å². The molecule has 3 nitrogen and oxygen atoms in total. The number of nitrogens with zero attached hydrogens (tertiary/aromatic N) is 2. The number of hydrogen-bond donors (Lipinski definition) is 0. The van der Waals surface area contributed by atoms with Gasteiger partial charge in [0, 0.05) is 27.1 Å². The van der Waals surface area contributed by atoms with Crippen molar-refractivity contribution in [3.8, 4) is 11.3 Å². The van der Waals surface area contributed by atoms with E-state index in [1.54, 1.807) is 0 Å². The minimum atomic E-state index is 0.251. The molecule has 28 heavy (non-hydrogen) atoms. The second-order valence-corrected chi connectivity index (χ2v) is 7.17. The monoisotopic (exact) mass is 380 g/mol. The summed E-state index contributed by atoms with van der Waals surface area (Å²) in [5.74, 6) is 0. The lowest BCUT2D eigenvalue weighted by Gasteiger charge is -2.08. The average Bonchev–Trinajstić information content (AvgIpc) is 3.12. The summed E-state index contributed by atoms with van der Waals surface area (Å²) >= 11 is 6.18. The highest BCUT2D eigenvalue weighted by Gasteiger charge is 2.13. The largest absolute Gasteiger partial charge is 0.455 e. The second-order valence-electron chi connectivity index (χ2n) is 6.83. The summed E-state index contributed by atoms with van der Waals surface area (Å²) < 4.78 is 6.15. The molecule has 0 aliphatic rings. The van der Waals surface area contributed by atoms with Crippen LogP contribution in [0.15, 0.2) is 83.3 Å². The van der Waals surface area contributed by atoms with Gasteiger partial charge in [-0.3, -0.25) is 0 Å². The van der Waals surface area contributed by atoms with Crippen LogP contribution < -0.4 is 0 Å². The van der Waals surface area contributed by atoms with Crippen LogP contribution in [0.3, 0.4) is 0 Å². The predicted octanol–water partition coefficient (Wildman–Crippen LogP) is 7.00. The SMILES string of the molecule is Clc1nc(-c2ccc3c(ccc4c5ccccc5oc34)c2)c2ccccc2n1. The van der Waals surface area contributed by atoms with E-state index in [4.69, 9.17) is 16.0 Å². The number of benzene rings is 4. The van der Waals surface area contributed by atoms with Gasteiger partial charge in [-0.2, -0.15) is 0 Å². The highest BCUT2D eigenvalue weighted by Crippen LogP contribution is 2.36. The van der Waals surface area contributed by atoms with Gasteiger partial charge in [0.05, 0.1) is 11.2 Å². The number of hydrogen-bond acceptors (Lipinski definition) is 3. The van der Waals surface area contributed by atoms with Crippen molar-refractivity contribution in [2.75, 3.05) is 0 Å². The van der Waals surface area contributed by atoms with E-state index in [0.717, 1.165) is 54.9 Å². The summed E-state index contributed by atoms with van der Waals surface area (Å²) in [5.41, 5.74) is 4.49. The molecule has 0 unspecified atom stereocenters. The molecular weight excluding hydrogens is 368 g/mol. The van der Waals surface area contributed by atoms with Gasteiger partial charge in [0.2, 0.25) is 5.28 Å². The van der Waals surface area contributed by atoms with E-state index in [2.05, 4.69) is 46.4 Å². The highest BCUT2D eigenvalue weighted by atomic mass is 35.5. The first kappa shape index (κ1) is 15.6. The Labute approximate surface area is 165 Å². The van der Waals surface area contributed by atoms with Gasteiger partial charge in [0.1, 0.15) is 11.2 Å². The van der Waals surface area contributed by atoms with Gasteiger partial charge in [-0.25, -0.2) is 9.97 Å². The van der Waals surface area contributed by atoms with E-state index >= 15 is 0 Å². The number of furan rings is 1. The Balaban J connectivity index is 1.64. The molecule has 4 heteroatoms. The summed E-state index contributed by atoms with van der Waals surface area (Å²) in [6.45, 7) is 0. The molecule has 0 amide bonds. The molecule has 6 rings (SSSR count). The molecule has 0 bridgehead atoms. The standard InChI is InChI=1S/C24H13ClN2O/c25-24-26-20-7-3-1-6-19(20)22(27-24)15-10-11-16-14(13-15)9-12-18-17-5-2-4-8-21(17)28-23(16)18/h1-13H. The lowest BCUT2D eigenvalue weighted by Crippen LogP contribution is -1.91. The van der Waals surface area contributed by atoms with Gasteiger partial charge < -0.3 is 4.42 Å². The quantitative estimate of drug-likeness (QED) is 0.288. The lowest BCUT2D eigenvalue weighted by molar-refractivity contribution is 0.672. The summed E-state index contributed by atoms with van der Waals surface area (Å²) in [6.07, 6.45) is 0. The summed E-state index contributed by atoms with van der Waals surface area (Å²) in [4.78, 5) is 8.84. The summed E-state index contributed by atoms with van der Waals surface area (Å²) in [5, 5.41) is 5.69. The molecule has 0 aliphatic heterocycles. The molecule has 2 aromatic heterocycles. The second kappa shape index (κ2) is 5.78. The molecule has 6 aromatic rings. The molecule has 0 spiro atoms. The van der Waals surface area contributed by atoms with Crippen LogP contribution in [0.4, 0.5) is 0 Å². The third-order valence-electron chi connectivity index (χ3n) is 5.21. The van der Waals surface area contributed by atoms with Crippen molar-refractivity contribution >= 4 is 55.2 Å². The van der Waals surface area contributed by atoms with Crippen LogP contribution in [0, 0.1) is 0 Å². The lowest BCUT2D eigenvalue weighted by atomic mass is 10.0. The molecule has 0 saturated heterocycles. The minimum absolute atomic E-state index is 0.251. The van der Waals surface area contributed by atoms with Gasteiger partial charge in [-0.05, 0) is 47.3 Å². The Bertz CT molecular complexity index is 1530. The smallest absolute Gasteiger partial charge is 0.223 e. The van der Waals surface area contributed by atoms with E-state index < -0.39 is 0 Å². The van der Waals surface area contributed by atoms with Crippen LogP contribution in [-0.2, 0) is 0 Å². The van der Waals surface area contributed by atoms with Gasteiger partial charge in [-0.1, -0.05) is 48.5 Å². The van der Waals surface area contributed by atoms with E-state index in [1.165, 1.54) is 0 Å². The topological polar surface area (TPSA) is 38.9 Å². The van der Waals surface area contributed by atoms with Gasteiger partial charge in [0.15, 0.2) is 0 Å². The van der Waals surface area contributed by atoms with Crippen molar-refractivity contribution in [3.63, 3.8) is 0 Å². The van der Waals surface area contributed by atoms with Crippen molar-refractivity contribution in [1.82, 2.24) is 9.97 Å². The maximum atomic E-state index is 6.18. The maximum absolute atomic E-state index is 6.18. The normalized spacial score (nSPS) is 11.8. The Morgan fingerprint density at radius 3 is 2.39 bits per heavy atom. The fraction of sp³-hybridized carbons (Fsp3) is 0. The van der Waals surface area contributed by atoms with E-state index in [1.807, 2.05) is 42.5 Å². The van der Waals surface area contributed by atoms with Crippen LogP contribution in [0.2, 0.25) is 5.28 Å². The summed E-state index contributed by atoms with van der Waals surface area (Å²) in [7, 11) is 0. The van der Waals surface area contributed by atoms with E-state index in [-0.39, 0.29) is 5.28 Å². The maximum Gasteiger partial charge on any atom is 0.223 e. The first-order valence-electron chi connectivity index (χ1n) is 9.05. The van der Waals surface area contributed by atoms with Gasteiger partial charge >= 0.3 is 0 Å². The third-order valence-corrected chi connectivity index (χ3v) is 5.38. The zero-order valence-corrected chi connectivity index (χ0v) is 15.4. The first-order valence-corrected chi connectivity index (χ1v) is 9.42.